The van der Waals surface area contributed by atoms with E-state index in [9.17, 15) is 13.6 Å². The molecule has 8 nitrogen and oxygen atoms in total. The van der Waals surface area contributed by atoms with Crippen molar-refractivity contribution in [2.45, 2.75) is 31.9 Å². The predicted molar refractivity (Wildman–Crippen MR) is 135 cm³/mol. The Morgan fingerprint density at radius 1 is 1.17 bits per heavy atom. The molecule has 190 valence electrons. The molecule has 1 atom stereocenters. The van der Waals surface area contributed by atoms with Crippen LogP contribution in [-0.4, -0.2) is 47.1 Å². The zero-order chi connectivity index (χ0) is 25.8. The zero-order valence-electron chi connectivity index (χ0n) is 19.9. The molecule has 0 saturated carbocycles. The van der Waals surface area contributed by atoms with E-state index in [-0.39, 0.29) is 34.4 Å². The number of nitrogens with zero attached hydrogens (tertiary/aromatic N) is 3. The van der Waals surface area contributed by atoms with Crippen LogP contribution in [0.5, 0.6) is 5.88 Å². The number of ether oxygens (including phenoxy) is 1. The van der Waals surface area contributed by atoms with Crippen molar-refractivity contribution in [3.63, 3.8) is 0 Å². The van der Waals surface area contributed by atoms with Gasteiger partial charge in [-0.15, -0.1) is 0 Å². The number of benzene rings is 2. The van der Waals surface area contributed by atoms with Crippen LogP contribution in [0.25, 0.3) is 11.3 Å². The Bertz CT molecular complexity index is 1240. The monoisotopic (exact) mass is 516 g/mol. The number of hydrogen-bond acceptors (Lipinski definition) is 6. The average molecular weight is 517 g/mol. The van der Waals surface area contributed by atoms with Gasteiger partial charge in [-0.2, -0.15) is 0 Å². The lowest BCUT2D eigenvalue weighted by molar-refractivity contribution is 0.213. The van der Waals surface area contributed by atoms with Gasteiger partial charge < -0.3 is 26.0 Å². The minimum absolute atomic E-state index is 0.0117. The van der Waals surface area contributed by atoms with Crippen LogP contribution in [0.4, 0.5) is 25.1 Å². The van der Waals surface area contributed by atoms with Crippen molar-refractivity contribution >= 4 is 29.1 Å². The summed E-state index contributed by atoms with van der Waals surface area (Å²) in [5.41, 5.74) is 7.52. The molecule has 1 saturated heterocycles. The highest BCUT2D eigenvalue weighted by Crippen LogP contribution is 2.33. The number of rotatable bonds is 6. The van der Waals surface area contributed by atoms with E-state index >= 15 is 0 Å². The molecular weight excluding hydrogens is 490 g/mol. The molecule has 2 heterocycles. The number of urea groups is 1. The van der Waals surface area contributed by atoms with Crippen molar-refractivity contribution in [2.24, 2.45) is 0 Å². The fraction of sp³-hybridized carbons (Fsp3) is 0.320. The molecule has 2 amide bonds. The van der Waals surface area contributed by atoms with Crippen molar-refractivity contribution < 1.29 is 18.3 Å². The van der Waals surface area contributed by atoms with Crippen molar-refractivity contribution in [3.05, 3.63) is 64.8 Å². The topological polar surface area (TPSA) is 105 Å². The molecule has 1 aromatic heterocycles. The molecule has 1 aliphatic heterocycles. The number of halogens is 3. The van der Waals surface area contributed by atoms with Gasteiger partial charge in [0, 0.05) is 22.9 Å². The fourth-order valence-electron chi connectivity index (χ4n) is 3.98. The number of nitrogen functional groups attached to an aromatic ring is 1. The Balaban J connectivity index is 1.43. The van der Waals surface area contributed by atoms with Gasteiger partial charge in [0.1, 0.15) is 17.7 Å². The molecular formula is C25H27ClF2N6O2. The molecule has 11 heteroatoms. The summed E-state index contributed by atoms with van der Waals surface area (Å²) in [6, 6.07) is 8.84. The Kier molecular flexibility index (Phi) is 7.85. The number of likely N-dealkylation sites (tertiary alicyclic amines) is 1. The number of anilines is 2. The van der Waals surface area contributed by atoms with Gasteiger partial charge in [-0.3, -0.25) is 0 Å². The maximum absolute atomic E-state index is 14.3. The van der Waals surface area contributed by atoms with E-state index < -0.39 is 17.7 Å². The molecule has 0 radical (unpaired) electrons. The molecule has 1 fully saturated rings. The first kappa shape index (κ1) is 25.6. The lowest BCUT2D eigenvalue weighted by Crippen LogP contribution is -2.44. The van der Waals surface area contributed by atoms with Crippen LogP contribution in [0.3, 0.4) is 0 Å². The Hall–Kier alpha value is -3.50. The number of carbonyl (C=O) groups is 1. The molecule has 4 N–H and O–H groups in total. The SMILES string of the molecule is CC(Oc1nc(-c2ccc(NC(=O)NC3CCN(C)CC3)cc2)cnc1N)c1c(F)ccc(F)c1Cl. The van der Waals surface area contributed by atoms with Crippen LogP contribution in [0.2, 0.25) is 5.02 Å². The first-order chi connectivity index (χ1) is 17.2. The van der Waals surface area contributed by atoms with Crippen LogP contribution in [0.1, 0.15) is 31.4 Å². The highest BCUT2D eigenvalue weighted by atomic mass is 35.5. The molecule has 0 aliphatic carbocycles. The lowest BCUT2D eigenvalue weighted by atomic mass is 10.1. The number of amides is 2. The number of hydrogen-bond donors (Lipinski definition) is 3. The Morgan fingerprint density at radius 3 is 2.53 bits per heavy atom. The van der Waals surface area contributed by atoms with Crippen LogP contribution in [0.15, 0.2) is 42.6 Å². The molecule has 4 rings (SSSR count). The largest absolute Gasteiger partial charge is 0.467 e. The second-order valence-corrected chi connectivity index (χ2v) is 9.09. The number of nitrogens with one attached hydrogen (secondary N) is 2. The summed E-state index contributed by atoms with van der Waals surface area (Å²) in [6.07, 6.45) is 2.33. The van der Waals surface area contributed by atoms with Gasteiger partial charge in [-0.05, 0) is 64.2 Å². The highest BCUT2D eigenvalue weighted by molar-refractivity contribution is 6.31. The first-order valence-electron chi connectivity index (χ1n) is 11.5. The third-order valence-corrected chi connectivity index (χ3v) is 6.42. The summed E-state index contributed by atoms with van der Waals surface area (Å²) >= 11 is 5.94. The maximum Gasteiger partial charge on any atom is 0.319 e. The summed E-state index contributed by atoms with van der Waals surface area (Å²) in [6.45, 7) is 3.42. The number of aromatic nitrogens is 2. The summed E-state index contributed by atoms with van der Waals surface area (Å²) in [7, 11) is 2.07. The smallest absolute Gasteiger partial charge is 0.319 e. The van der Waals surface area contributed by atoms with Crippen molar-refractivity contribution in [2.75, 3.05) is 31.2 Å². The summed E-state index contributed by atoms with van der Waals surface area (Å²) < 4.78 is 33.8. The predicted octanol–water partition coefficient (Wildman–Crippen LogP) is 5.01. The summed E-state index contributed by atoms with van der Waals surface area (Å²) in [5, 5.41) is 5.47. The fourth-order valence-corrected chi connectivity index (χ4v) is 4.29. The third-order valence-electron chi connectivity index (χ3n) is 6.03. The molecule has 3 aromatic rings. The molecule has 0 bridgehead atoms. The van der Waals surface area contributed by atoms with Gasteiger partial charge in [0.15, 0.2) is 5.82 Å². The summed E-state index contributed by atoms with van der Waals surface area (Å²) in [4.78, 5) is 23.1. The van der Waals surface area contributed by atoms with E-state index in [1.54, 1.807) is 24.3 Å². The van der Waals surface area contributed by atoms with E-state index in [2.05, 4.69) is 32.5 Å². The normalized spacial score (nSPS) is 15.4. The third kappa shape index (κ3) is 6.00. The molecule has 1 unspecified atom stereocenters. The second kappa shape index (κ2) is 11.0. The van der Waals surface area contributed by atoms with Crippen molar-refractivity contribution in [1.29, 1.82) is 0 Å². The van der Waals surface area contributed by atoms with Gasteiger partial charge in [-0.25, -0.2) is 23.5 Å². The zero-order valence-corrected chi connectivity index (χ0v) is 20.6. The van der Waals surface area contributed by atoms with Gasteiger partial charge in [-0.1, -0.05) is 23.7 Å². The second-order valence-electron chi connectivity index (χ2n) is 8.72. The van der Waals surface area contributed by atoms with Gasteiger partial charge >= 0.3 is 6.03 Å². The van der Waals surface area contributed by atoms with Crippen LogP contribution < -0.4 is 21.1 Å². The van der Waals surface area contributed by atoms with Crippen LogP contribution in [0, 0.1) is 11.6 Å². The van der Waals surface area contributed by atoms with E-state index in [0.717, 1.165) is 38.1 Å². The van der Waals surface area contributed by atoms with E-state index in [1.807, 2.05) is 0 Å². The average Bonchev–Trinajstić information content (AvgIpc) is 2.85. The van der Waals surface area contributed by atoms with E-state index in [4.69, 9.17) is 22.1 Å². The lowest BCUT2D eigenvalue weighted by Gasteiger charge is -2.29. The number of piperidine rings is 1. The number of nitrogens with two attached hydrogens (primary N) is 1. The highest BCUT2D eigenvalue weighted by Gasteiger charge is 2.22. The quantitative estimate of drug-likeness (QED) is 0.398. The number of carbonyl (C=O) groups excluding carboxylic acids is 1. The van der Waals surface area contributed by atoms with Crippen LogP contribution >= 0.6 is 11.6 Å². The van der Waals surface area contributed by atoms with Gasteiger partial charge in [0.05, 0.1) is 16.9 Å². The first-order valence-corrected chi connectivity index (χ1v) is 11.9. The van der Waals surface area contributed by atoms with Crippen LogP contribution in [-0.2, 0) is 0 Å². The molecule has 2 aromatic carbocycles. The van der Waals surface area contributed by atoms with E-state index in [0.29, 0.717) is 16.9 Å². The van der Waals surface area contributed by atoms with Crippen molar-refractivity contribution in [1.82, 2.24) is 20.2 Å². The molecule has 1 aliphatic rings. The minimum Gasteiger partial charge on any atom is -0.467 e. The molecule has 0 spiro atoms. The minimum atomic E-state index is -0.977. The summed E-state index contributed by atoms with van der Waals surface area (Å²) in [5.74, 6) is -1.52. The van der Waals surface area contributed by atoms with E-state index in [1.165, 1.54) is 13.1 Å². The molecule has 36 heavy (non-hydrogen) atoms. The van der Waals surface area contributed by atoms with Gasteiger partial charge in [0.25, 0.3) is 5.88 Å². The Morgan fingerprint density at radius 2 is 1.83 bits per heavy atom. The maximum atomic E-state index is 14.3. The van der Waals surface area contributed by atoms with Crippen molar-refractivity contribution in [3.8, 4) is 17.1 Å². The standard InChI is InChI=1S/C25H27ClF2N6O2/c1-14(21-18(27)7-8-19(28)22(21)26)36-24-23(29)30-13-20(33-24)15-3-5-16(6-4-15)31-25(35)32-17-9-11-34(2)12-10-17/h3-8,13-14,17H,9-12H2,1-2H3,(H2,29,30)(H2,31,32,35). The Labute approximate surface area is 212 Å². The van der Waals surface area contributed by atoms with Gasteiger partial charge in [0.2, 0.25) is 0 Å².